The molecule has 3 atom stereocenters. The van der Waals surface area contributed by atoms with Crippen LogP contribution < -0.4 is 0 Å². The Balaban J connectivity index is 2.33. The van der Waals surface area contributed by atoms with Crippen molar-refractivity contribution < 1.29 is 5.11 Å². The molecule has 1 rings (SSSR count). The molecule has 0 aromatic heterocycles. The smallest absolute Gasteiger partial charge is 0.0692 e. The van der Waals surface area contributed by atoms with E-state index in [2.05, 4.69) is 13.8 Å². The van der Waals surface area contributed by atoms with E-state index in [0.717, 1.165) is 12.2 Å². The lowest BCUT2D eigenvalue weighted by Crippen LogP contribution is -2.33. The van der Waals surface area contributed by atoms with Crippen molar-refractivity contribution in [1.82, 2.24) is 0 Å². The van der Waals surface area contributed by atoms with Gasteiger partial charge in [-0.25, -0.2) is 0 Å². The second kappa shape index (κ2) is 5.40. The van der Waals surface area contributed by atoms with Gasteiger partial charge in [0.05, 0.1) is 6.10 Å². The average molecular weight is 206 g/mol. The van der Waals surface area contributed by atoms with Crippen molar-refractivity contribution in [2.24, 2.45) is 5.92 Å². The summed E-state index contributed by atoms with van der Waals surface area (Å²) in [5.74, 6) is 4.06. The van der Waals surface area contributed by atoms with Crippen LogP contribution in [0.1, 0.15) is 20.3 Å². The quantitative estimate of drug-likeness (QED) is 0.765. The third-order valence-electron chi connectivity index (χ3n) is 2.45. The molecule has 1 fully saturated rings. The minimum absolute atomic E-state index is 0.0900. The second-order valence-electron chi connectivity index (χ2n) is 3.36. The fraction of sp³-hybridized carbons (Fsp3) is 1.00. The Morgan fingerprint density at radius 3 is 2.75 bits per heavy atom. The summed E-state index contributed by atoms with van der Waals surface area (Å²) < 4.78 is 0. The van der Waals surface area contributed by atoms with Crippen LogP contribution in [0.5, 0.6) is 0 Å². The molecule has 3 unspecified atom stereocenters. The number of rotatable bonds is 3. The summed E-state index contributed by atoms with van der Waals surface area (Å²) in [7, 11) is 0. The van der Waals surface area contributed by atoms with Crippen LogP contribution in [0.3, 0.4) is 0 Å². The first-order valence-electron chi connectivity index (χ1n) is 4.63. The Hall–Kier alpha value is 0.660. The van der Waals surface area contributed by atoms with Gasteiger partial charge in [0.15, 0.2) is 0 Å². The van der Waals surface area contributed by atoms with Crippen LogP contribution in [0.25, 0.3) is 0 Å². The Morgan fingerprint density at radius 2 is 2.25 bits per heavy atom. The van der Waals surface area contributed by atoms with Crippen LogP contribution in [0.2, 0.25) is 0 Å². The summed E-state index contributed by atoms with van der Waals surface area (Å²) in [4.78, 5) is 0. The van der Waals surface area contributed by atoms with Gasteiger partial charge in [-0.15, -0.1) is 0 Å². The summed E-state index contributed by atoms with van der Waals surface area (Å²) in [6.45, 7) is 4.29. The summed E-state index contributed by atoms with van der Waals surface area (Å²) in [5.41, 5.74) is 0. The Labute approximate surface area is 83.7 Å². The molecule has 0 aromatic carbocycles. The van der Waals surface area contributed by atoms with E-state index in [-0.39, 0.29) is 6.10 Å². The molecule has 0 amide bonds. The van der Waals surface area contributed by atoms with E-state index < -0.39 is 0 Å². The zero-order valence-corrected chi connectivity index (χ0v) is 9.46. The first kappa shape index (κ1) is 10.7. The minimum atomic E-state index is -0.0900. The predicted octanol–water partition coefficient (Wildman–Crippen LogP) is 2.24. The first-order valence-corrected chi connectivity index (χ1v) is 6.83. The maximum Gasteiger partial charge on any atom is 0.0692 e. The third kappa shape index (κ3) is 2.86. The van der Waals surface area contributed by atoms with Crippen molar-refractivity contribution in [3.63, 3.8) is 0 Å². The van der Waals surface area contributed by atoms with Crippen molar-refractivity contribution in [2.75, 3.05) is 17.3 Å². The van der Waals surface area contributed by atoms with Gasteiger partial charge in [-0.1, -0.05) is 20.3 Å². The number of aliphatic hydroxyl groups excluding tert-OH is 1. The van der Waals surface area contributed by atoms with Gasteiger partial charge in [0.25, 0.3) is 0 Å². The number of thioether (sulfide) groups is 2. The van der Waals surface area contributed by atoms with Crippen molar-refractivity contribution in [1.29, 1.82) is 0 Å². The third-order valence-corrected chi connectivity index (χ3v) is 5.32. The molecule has 0 aromatic rings. The zero-order valence-electron chi connectivity index (χ0n) is 7.82. The highest BCUT2D eigenvalue weighted by Crippen LogP contribution is 2.29. The molecule has 0 bridgehead atoms. The Morgan fingerprint density at radius 1 is 1.50 bits per heavy atom. The molecule has 1 heterocycles. The van der Waals surface area contributed by atoms with Crippen LogP contribution in [-0.4, -0.2) is 33.7 Å². The van der Waals surface area contributed by atoms with Gasteiger partial charge >= 0.3 is 0 Å². The maximum absolute atomic E-state index is 9.91. The minimum Gasteiger partial charge on any atom is -0.392 e. The van der Waals surface area contributed by atoms with E-state index in [4.69, 9.17) is 0 Å². The van der Waals surface area contributed by atoms with Crippen molar-refractivity contribution in [2.45, 2.75) is 31.6 Å². The molecular formula is C9H18OS2. The highest BCUT2D eigenvalue weighted by Gasteiger charge is 2.25. The van der Waals surface area contributed by atoms with Gasteiger partial charge in [-0.2, -0.15) is 23.5 Å². The van der Waals surface area contributed by atoms with Crippen LogP contribution in [0.15, 0.2) is 0 Å². The standard InChI is InChI=1S/C9H18OS2/c1-3-7(2)9(10)8-6-11-4-5-12-8/h7-10H,3-6H2,1-2H3. The zero-order chi connectivity index (χ0) is 8.97. The van der Waals surface area contributed by atoms with E-state index in [0.29, 0.717) is 11.2 Å². The van der Waals surface area contributed by atoms with Gasteiger partial charge in [0, 0.05) is 22.5 Å². The maximum atomic E-state index is 9.91. The first-order chi connectivity index (χ1) is 5.75. The van der Waals surface area contributed by atoms with Crippen LogP contribution in [0.4, 0.5) is 0 Å². The highest BCUT2D eigenvalue weighted by atomic mass is 32.2. The summed E-state index contributed by atoms with van der Waals surface area (Å²) in [6, 6.07) is 0. The Bertz CT molecular complexity index is 124. The molecule has 1 saturated heterocycles. The van der Waals surface area contributed by atoms with E-state index in [1.807, 2.05) is 23.5 Å². The molecule has 0 radical (unpaired) electrons. The van der Waals surface area contributed by atoms with E-state index in [9.17, 15) is 5.11 Å². The van der Waals surface area contributed by atoms with Crippen molar-refractivity contribution >= 4 is 23.5 Å². The topological polar surface area (TPSA) is 20.2 Å². The summed E-state index contributed by atoms with van der Waals surface area (Å²) >= 11 is 3.92. The molecule has 1 N–H and O–H groups in total. The number of hydrogen-bond donors (Lipinski definition) is 1. The molecule has 72 valence electrons. The largest absolute Gasteiger partial charge is 0.392 e. The average Bonchev–Trinajstić information content (AvgIpc) is 2.17. The molecule has 0 aliphatic carbocycles. The lowest BCUT2D eigenvalue weighted by atomic mass is 10.00. The van der Waals surface area contributed by atoms with Crippen molar-refractivity contribution in [3.05, 3.63) is 0 Å². The van der Waals surface area contributed by atoms with Gasteiger partial charge in [0.1, 0.15) is 0 Å². The molecule has 3 heteroatoms. The highest BCUT2D eigenvalue weighted by molar-refractivity contribution is 8.06. The fourth-order valence-corrected chi connectivity index (χ4v) is 4.21. The van der Waals surface area contributed by atoms with Crippen molar-refractivity contribution in [3.8, 4) is 0 Å². The Kier molecular flexibility index (Phi) is 4.84. The van der Waals surface area contributed by atoms with Gasteiger partial charge in [-0.3, -0.25) is 0 Å². The van der Waals surface area contributed by atoms with Gasteiger partial charge < -0.3 is 5.11 Å². The molecule has 1 aliphatic rings. The fourth-order valence-electron chi connectivity index (χ4n) is 1.31. The van der Waals surface area contributed by atoms with Crippen LogP contribution in [-0.2, 0) is 0 Å². The monoisotopic (exact) mass is 206 g/mol. The lowest BCUT2D eigenvalue weighted by Gasteiger charge is -2.29. The second-order valence-corrected chi connectivity index (χ2v) is 5.86. The molecule has 1 nitrogen and oxygen atoms in total. The molecule has 0 saturated carbocycles. The normalized spacial score (nSPS) is 29.8. The molecule has 12 heavy (non-hydrogen) atoms. The van der Waals surface area contributed by atoms with E-state index in [1.54, 1.807) is 0 Å². The predicted molar refractivity (Wildman–Crippen MR) is 59.0 cm³/mol. The molecule has 1 aliphatic heterocycles. The number of aliphatic hydroxyl groups is 1. The molecule has 0 spiro atoms. The lowest BCUT2D eigenvalue weighted by molar-refractivity contribution is 0.117. The van der Waals surface area contributed by atoms with E-state index >= 15 is 0 Å². The summed E-state index contributed by atoms with van der Waals surface area (Å²) in [5, 5.41) is 10.4. The SMILES string of the molecule is CCC(C)C(O)C1CSCCS1. The van der Waals surface area contributed by atoms with Gasteiger partial charge in [-0.05, 0) is 5.92 Å². The van der Waals surface area contributed by atoms with Crippen LogP contribution >= 0.6 is 23.5 Å². The van der Waals surface area contributed by atoms with Gasteiger partial charge in [0.2, 0.25) is 0 Å². The van der Waals surface area contributed by atoms with E-state index in [1.165, 1.54) is 11.5 Å². The van der Waals surface area contributed by atoms with Crippen LogP contribution in [0, 0.1) is 5.92 Å². The molecular weight excluding hydrogens is 188 g/mol. The number of hydrogen-bond acceptors (Lipinski definition) is 3. The summed E-state index contributed by atoms with van der Waals surface area (Å²) in [6.07, 6.45) is 0.996.